The van der Waals surface area contributed by atoms with Gasteiger partial charge in [-0.05, 0) is 56.2 Å². The van der Waals surface area contributed by atoms with Gasteiger partial charge in [0, 0.05) is 23.1 Å². The van der Waals surface area contributed by atoms with Crippen molar-refractivity contribution in [3.05, 3.63) is 59.2 Å². The largest absolute Gasteiger partial charge is 0.497 e. The van der Waals surface area contributed by atoms with Crippen LogP contribution in [-0.4, -0.2) is 43.3 Å². The number of nitrogens with zero attached hydrogens (tertiary/aromatic N) is 2. The van der Waals surface area contributed by atoms with E-state index in [9.17, 15) is 17.6 Å². The molecule has 0 spiro atoms. The van der Waals surface area contributed by atoms with Crippen LogP contribution in [0.3, 0.4) is 0 Å². The fourth-order valence-electron chi connectivity index (χ4n) is 3.86. The SMILES string of the molecule is COc1ccc(-c2csc(NC(=O)[C@H]3CCCCN3S(=O)(=O)c3cccc(F)c3C)n2)cc1. The molecule has 7 nitrogen and oxygen atoms in total. The number of anilines is 1. The van der Waals surface area contributed by atoms with Crippen molar-refractivity contribution in [1.29, 1.82) is 0 Å². The van der Waals surface area contributed by atoms with Crippen LogP contribution in [0.15, 0.2) is 52.7 Å². The summed E-state index contributed by atoms with van der Waals surface area (Å²) < 4.78 is 47.0. The van der Waals surface area contributed by atoms with Gasteiger partial charge in [-0.2, -0.15) is 4.31 Å². The van der Waals surface area contributed by atoms with Crippen LogP contribution in [0.4, 0.5) is 9.52 Å². The zero-order valence-electron chi connectivity index (χ0n) is 18.2. The third-order valence-electron chi connectivity index (χ3n) is 5.68. The number of sulfonamides is 1. The number of hydrogen-bond donors (Lipinski definition) is 1. The number of rotatable bonds is 6. The molecule has 1 amide bonds. The lowest BCUT2D eigenvalue weighted by Crippen LogP contribution is -2.50. The van der Waals surface area contributed by atoms with E-state index in [2.05, 4.69) is 10.3 Å². The molecule has 1 aliphatic heterocycles. The van der Waals surface area contributed by atoms with Gasteiger partial charge < -0.3 is 10.1 Å². The van der Waals surface area contributed by atoms with Gasteiger partial charge in [0.25, 0.3) is 0 Å². The fourth-order valence-corrected chi connectivity index (χ4v) is 6.48. The van der Waals surface area contributed by atoms with E-state index >= 15 is 0 Å². The number of ether oxygens (including phenoxy) is 1. The summed E-state index contributed by atoms with van der Waals surface area (Å²) in [6.45, 7) is 1.63. The lowest BCUT2D eigenvalue weighted by Gasteiger charge is -2.33. The number of aromatic nitrogens is 1. The molecule has 174 valence electrons. The van der Waals surface area contributed by atoms with Crippen LogP contribution in [-0.2, 0) is 14.8 Å². The van der Waals surface area contributed by atoms with E-state index in [4.69, 9.17) is 4.74 Å². The molecule has 0 bridgehead atoms. The summed E-state index contributed by atoms with van der Waals surface area (Å²) in [6.07, 6.45) is 1.74. The summed E-state index contributed by atoms with van der Waals surface area (Å²) >= 11 is 1.26. The molecular weight excluding hydrogens is 465 g/mol. The summed E-state index contributed by atoms with van der Waals surface area (Å²) in [4.78, 5) is 17.5. The van der Waals surface area contributed by atoms with Gasteiger partial charge in [0.2, 0.25) is 15.9 Å². The van der Waals surface area contributed by atoms with Crippen LogP contribution < -0.4 is 10.1 Å². The Morgan fingerprint density at radius 1 is 1.21 bits per heavy atom. The molecule has 2 aromatic carbocycles. The van der Waals surface area contributed by atoms with Crippen LogP contribution in [0.2, 0.25) is 0 Å². The van der Waals surface area contributed by atoms with Crippen molar-refractivity contribution in [3.8, 4) is 17.0 Å². The Bertz CT molecular complexity index is 1260. The van der Waals surface area contributed by atoms with Crippen LogP contribution in [0.1, 0.15) is 24.8 Å². The zero-order chi connectivity index (χ0) is 23.6. The second-order valence-corrected chi connectivity index (χ2v) is 10.5. The fraction of sp³-hybridized carbons (Fsp3) is 0.304. The Labute approximate surface area is 196 Å². The van der Waals surface area contributed by atoms with Crippen LogP contribution in [0.25, 0.3) is 11.3 Å². The minimum absolute atomic E-state index is 0.0475. The lowest BCUT2D eigenvalue weighted by atomic mass is 10.0. The van der Waals surface area contributed by atoms with Crippen molar-refractivity contribution in [2.24, 2.45) is 0 Å². The van der Waals surface area contributed by atoms with Gasteiger partial charge in [-0.1, -0.05) is 12.5 Å². The molecule has 33 heavy (non-hydrogen) atoms. The maximum Gasteiger partial charge on any atom is 0.244 e. The molecule has 1 aromatic heterocycles. The number of carbonyl (C=O) groups excluding carboxylic acids is 1. The Kier molecular flexibility index (Phi) is 6.78. The number of piperidine rings is 1. The summed E-state index contributed by atoms with van der Waals surface area (Å²) in [5.41, 5.74) is 1.61. The average Bonchev–Trinajstić information content (AvgIpc) is 3.29. The third kappa shape index (κ3) is 4.78. The normalized spacial score (nSPS) is 17.0. The minimum Gasteiger partial charge on any atom is -0.497 e. The summed E-state index contributed by atoms with van der Waals surface area (Å²) in [7, 11) is -2.45. The Hall–Kier alpha value is -2.82. The molecule has 0 saturated carbocycles. The van der Waals surface area contributed by atoms with Gasteiger partial charge >= 0.3 is 0 Å². The summed E-state index contributed by atoms with van der Waals surface area (Å²) in [5, 5.41) is 4.97. The highest BCUT2D eigenvalue weighted by molar-refractivity contribution is 7.89. The predicted octanol–water partition coefficient (Wildman–Crippen LogP) is 4.45. The quantitative estimate of drug-likeness (QED) is 0.553. The molecule has 3 aromatic rings. The van der Waals surface area contributed by atoms with Gasteiger partial charge in [0.05, 0.1) is 17.7 Å². The molecule has 1 saturated heterocycles. The second kappa shape index (κ2) is 9.58. The molecule has 0 unspecified atom stereocenters. The van der Waals surface area contributed by atoms with E-state index < -0.39 is 27.8 Å². The molecule has 2 heterocycles. The van der Waals surface area contributed by atoms with E-state index in [0.29, 0.717) is 23.7 Å². The summed E-state index contributed by atoms with van der Waals surface area (Å²) in [5.74, 6) is -0.305. The van der Waals surface area contributed by atoms with E-state index in [1.165, 1.54) is 40.8 Å². The van der Waals surface area contributed by atoms with Crippen LogP contribution >= 0.6 is 11.3 Å². The second-order valence-electron chi connectivity index (χ2n) is 7.75. The number of thiazole rings is 1. The number of benzene rings is 2. The van der Waals surface area contributed by atoms with Crippen molar-refractivity contribution < 1.29 is 22.3 Å². The minimum atomic E-state index is -4.04. The monoisotopic (exact) mass is 489 g/mol. The smallest absolute Gasteiger partial charge is 0.244 e. The van der Waals surface area contributed by atoms with E-state index in [1.54, 1.807) is 7.11 Å². The summed E-state index contributed by atoms with van der Waals surface area (Å²) in [6, 6.07) is 10.5. The highest BCUT2D eigenvalue weighted by Gasteiger charge is 2.38. The number of methoxy groups -OCH3 is 1. The maximum atomic E-state index is 14.0. The number of hydrogen-bond acceptors (Lipinski definition) is 6. The van der Waals surface area contributed by atoms with Gasteiger partial charge in [-0.15, -0.1) is 11.3 Å². The Morgan fingerprint density at radius 2 is 1.97 bits per heavy atom. The highest BCUT2D eigenvalue weighted by Crippen LogP contribution is 2.30. The molecule has 1 aliphatic rings. The van der Waals surface area contributed by atoms with Crippen molar-refractivity contribution in [1.82, 2.24) is 9.29 Å². The molecule has 10 heteroatoms. The first-order valence-corrected chi connectivity index (χ1v) is 12.8. The first-order chi connectivity index (χ1) is 15.8. The van der Waals surface area contributed by atoms with E-state index in [1.807, 2.05) is 29.6 Å². The first-order valence-electron chi connectivity index (χ1n) is 10.5. The average molecular weight is 490 g/mol. The Balaban J connectivity index is 1.54. The molecule has 0 aliphatic carbocycles. The number of nitrogens with one attached hydrogen (secondary N) is 1. The van der Waals surface area contributed by atoms with Gasteiger partial charge in [0.15, 0.2) is 5.13 Å². The molecular formula is C23H24FN3O4S2. The van der Waals surface area contributed by atoms with Crippen LogP contribution in [0.5, 0.6) is 5.75 Å². The van der Waals surface area contributed by atoms with E-state index in [0.717, 1.165) is 17.7 Å². The number of amides is 1. The van der Waals surface area contributed by atoms with Gasteiger partial charge in [-0.3, -0.25) is 4.79 Å². The van der Waals surface area contributed by atoms with Crippen molar-refractivity contribution in [2.75, 3.05) is 19.0 Å². The number of carbonyl (C=O) groups is 1. The molecule has 0 radical (unpaired) electrons. The molecule has 1 N–H and O–H groups in total. The predicted molar refractivity (Wildman–Crippen MR) is 125 cm³/mol. The lowest BCUT2D eigenvalue weighted by molar-refractivity contribution is -0.120. The Morgan fingerprint density at radius 3 is 2.70 bits per heavy atom. The molecule has 1 fully saturated rings. The first kappa shape index (κ1) is 23.3. The van der Waals surface area contributed by atoms with E-state index in [-0.39, 0.29) is 17.0 Å². The van der Waals surface area contributed by atoms with Crippen molar-refractivity contribution >= 4 is 32.4 Å². The maximum absolute atomic E-state index is 14.0. The van der Waals surface area contributed by atoms with Crippen LogP contribution in [0, 0.1) is 12.7 Å². The van der Waals surface area contributed by atoms with Crippen molar-refractivity contribution in [2.45, 2.75) is 37.1 Å². The highest BCUT2D eigenvalue weighted by atomic mass is 32.2. The molecule has 4 rings (SSSR count). The third-order valence-corrected chi connectivity index (χ3v) is 8.49. The topological polar surface area (TPSA) is 88.6 Å². The molecule has 1 atom stereocenters. The van der Waals surface area contributed by atoms with Crippen molar-refractivity contribution in [3.63, 3.8) is 0 Å². The van der Waals surface area contributed by atoms with Gasteiger partial charge in [-0.25, -0.2) is 17.8 Å². The standard InChI is InChI=1S/C23H24FN3O4S2/c1-15-18(24)6-5-8-21(15)33(29,30)27-13-4-3-7-20(27)22(28)26-23-25-19(14-32-23)16-9-11-17(31-2)12-10-16/h5-6,8-12,14,20H,3-4,7,13H2,1-2H3,(H,25,26,28)/t20-/m1/s1. The van der Waals surface area contributed by atoms with Gasteiger partial charge in [0.1, 0.15) is 17.6 Å². The number of halogens is 1. The zero-order valence-corrected chi connectivity index (χ0v) is 19.9.